The van der Waals surface area contributed by atoms with Gasteiger partial charge in [-0.25, -0.2) is 8.78 Å². The topological polar surface area (TPSA) is 0 Å². The van der Waals surface area contributed by atoms with Crippen molar-refractivity contribution < 1.29 is 22.0 Å². The molecule has 1 aliphatic heterocycles. The lowest BCUT2D eigenvalue weighted by Crippen LogP contribution is -2.07. The Labute approximate surface area is 120 Å². The monoisotopic (exact) mass is 326 g/mol. The summed E-state index contributed by atoms with van der Waals surface area (Å²) in [5.41, 5.74) is -4.15. The summed E-state index contributed by atoms with van der Waals surface area (Å²) in [7, 11) is -2.58. The van der Waals surface area contributed by atoms with Gasteiger partial charge in [-0.2, -0.15) is 13.2 Å². The lowest BCUT2D eigenvalue weighted by molar-refractivity contribution is -0.0353. The molecule has 108 valence electrons. The third-order valence-corrected chi connectivity index (χ3v) is 5.19. The molecule has 0 radical (unpaired) electrons. The number of halogens is 6. The standard InChI is InChI=1S/C13H7F5S.ClH/c14-7-1-3-11-9(5-7)10-6-8(15)2-4-12(10)19(11)13(16,17)18;/h1-6,19H;1H. The Morgan fingerprint density at radius 3 is 1.50 bits per heavy atom. The Bertz CT molecular complexity index is 617. The van der Waals surface area contributed by atoms with Gasteiger partial charge in [0.2, 0.25) is 0 Å². The van der Waals surface area contributed by atoms with Gasteiger partial charge in [-0.15, -0.1) is 23.3 Å². The molecule has 0 spiro atoms. The summed E-state index contributed by atoms with van der Waals surface area (Å²) in [5.74, 6) is -1.26. The molecule has 3 rings (SSSR count). The molecule has 0 amide bonds. The fourth-order valence-corrected chi connectivity index (χ4v) is 4.35. The van der Waals surface area contributed by atoms with Crippen LogP contribution in [0, 0.1) is 11.6 Å². The van der Waals surface area contributed by atoms with Crippen LogP contribution < -0.4 is 0 Å². The molecule has 2 aromatic rings. The first-order chi connectivity index (χ1) is 8.88. The van der Waals surface area contributed by atoms with E-state index in [1.54, 1.807) is 0 Å². The number of thiol groups is 1. The molecule has 1 heterocycles. The molecule has 20 heavy (non-hydrogen) atoms. The van der Waals surface area contributed by atoms with Crippen LogP contribution in [0.25, 0.3) is 11.1 Å². The zero-order chi connectivity index (χ0) is 13.8. The van der Waals surface area contributed by atoms with E-state index in [2.05, 4.69) is 0 Å². The van der Waals surface area contributed by atoms with Crippen LogP contribution in [0.15, 0.2) is 46.2 Å². The van der Waals surface area contributed by atoms with Crippen molar-refractivity contribution in [2.45, 2.75) is 15.3 Å². The quantitative estimate of drug-likeness (QED) is 0.492. The predicted molar refractivity (Wildman–Crippen MR) is 70.6 cm³/mol. The highest BCUT2D eigenvalue weighted by Gasteiger charge is 2.44. The van der Waals surface area contributed by atoms with Gasteiger partial charge in [-0.1, -0.05) is 0 Å². The van der Waals surface area contributed by atoms with E-state index < -0.39 is 28.0 Å². The molecule has 0 nitrogen and oxygen atoms in total. The van der Waals surface area contributed by atoms with Crippen molar-refractivity contribution in [1.82, 2.24) is 0 Å². The van der Waals surface area contributed by atoms with Crippen molar-refractivity contribution in [3.8, 4) is 11.1 Å². The van der Waals surface area contributed by atoms with Crippen molar-refractivity contribution in [1.29, 1.82) is 0 Å². The first-order valence-corrected chi connectivity index (χ1v) is 6.68. The summed E-state index contributed by atoms with van der Waals surface area (Å²) in [6.07, 6.45) is 0. The molecule has 1 aliphatic rings. The van der Waals surface area contributed by atoms with Gasteiger partial charge in [0.25, 0.3) is 0 Å². The molecule has 0 bridgehead atoms. The average molecular weight is 327 g/mol. The van der Waals surface area contributed by atoms with Gasteiger partial charge in [-0.3, -0.25) is 0 Å². The van der Waals surface area contributed by atoms with Crippen molar-refractivity contribution in [2.75, 3.05) is 0 Å². The van der Waals surface area contributed by atoms with Crippen LogP contribution in [0.5, 0.6) is 0 Å². The summed E-state index contributed by atoms with van der Waals surface area (Å²) >= 11 is 0. The minimum absolute atomic E-state index is 0. The Balaban J connectivity index is 0.00000147. The number of hydrogen-bond donors (Lipinski definition) is 1. The highest BCUT2D eigenvalue weighted by Crippen LogP contribution is 2.66. The lowest BCUT2D eigenvalue weighted by atomic mass is 10.1. The molecule has 0 saturated heterocycles. The van der Waals surface area contributed by atoms with Gasteiger partial charge >= 0.3 is 5.51 Å². The first kappa shape index (κ1) is 15.1. The third-order valence-electron chi connectivity index (χ3n) is 2.94. The Hall–Kier alpha value is -1.27. The van der Waals surface area contributed by atoms with Gasteiger partial charge in [0, 0.05) is 9.79 Å². The van der Waals surface area contributed by atoms with Crippen molar-refractivity contribution in [2.24, 2.45) is 0 Å². The van der Waals surface area contributed by atoms with Crippen molar-refractivity contribution in [3.05, 3.63) is 48.0 Å². The van der Waals surface area contributed by atoms with Gasteiger partial charge in [0.1, 0.15) is 11.6 Å². The molecule has 0 atom stereocenters. The van der Waals surface area contributed by atoms with Crippen LogP contribution in [0.2, 0.25) is 0 Å². The summed E-state index contributed by atoms with van der Waals surface area (Å²) in [6.45, 7) is 0. The molecule has 0 aliphatic carbocycles. The van der Waals surface area contributed by atoms with Crippen LogP contribution in [-0.4, -0.2) is 5.51 Å². The molecule has 7 heteroatoms. The second-order valence-electron chi connectivity index (χ2n) is 4.13. The van der Waals surface area contributed by atoms with Gasteiger partial charge in [-0.05, 0) is 47.5 Å². The minimum atomic E-state index is -4.43. The number of hydrogen-bond acceptors (Lipinski definition) is 0. The Kier molecular flexibility index (Phi) is 3.73. The molecular formula is C13H8ClF5S. The number of alkyl halides is 3. The summed E-state index contributed by atoms with van der Waals surface area (Å²) in [6, 6.07) is 6.34. The average Bonchev–Trinajstić information content (AvgIpc) is 2.62. The molecule has 0 N–H and O–H groups in total. The van der Waals surface area contributed by atoms with Crippen molar-refractivity contribution in [3.63, 3.8) is 0 Å². The fraction of sp³-hybridized carbons (Fsp3) is 0.0769. The molecule has 2 aromatic carbocycles. The normalized spacial score (nSPS) is 14.6. The largest absolute Gasteiger partial charge is 0.431 e. The number of rotatable bonds is 0. The molecule has 0 saturated carbocycles. The Morgan fingerprint density at radius 2 is 1.15 bits per heavy atom. The lowest BCUT2D eigenvalue weighted by Gasteiger charge is -2.21. The second kappa shape index (κ2) is 4.93. The van der Waals surface area contributed by atoms with Gasteiger partial charge in [0.15, 0.2) is 0 Å². The third kappa shape index (κ3) is 2.27. The van der Waals surface area contributed by atoms with E-state index in [0.717, 1.165) is 36.4 Å². The first-order valence-electron chi connectivity index (χ1n) is 5.34. The van der Waals surface area contributed by atoms with E-state index in [1.165, 1.54) is 0 Å². The molecule has 0 unspecified atom stereocenters. The summed E-state index contributed by atoms with van der Waals surface area (Å²) < 4.78 is 65.9. The van der Waals surface area contributed by atoms with E-state index in [4.69, 9.17) is 0 Å². The maximum Gasteiger partial charge on any atom is 0.431 e. The van der Waals surface area contributed by atoms with Crippen LogP contribution in [0.3, 0.4) is 0 Å². The second-order valence-corrected chi connectivity index (χ2v) is 6.27. The smallest absolute Gasteiger partial charge is 0.207 e. The van der Waals surface area contributed by atoms with Crippen LogP contribution in [0.4, 0.5) is 22.0 Å². The highest BCUT2D eigenvalue weighted by molar-refractivity contribution is 8.18. The SMILES string of the molecule is Cl.Fc1ccc2c(c1)-c1cc(F)ccc1[SH]2C(F)(F)F. The van der Waals surface area contributed by atoms with Crippen LogP contribution in [0.1, 0.15) is 0 Å². The number of fused-ring (bicyclic) bond motifs is 3. The maximum atomic E-state index is 13.2. The fourth-order valence-electron chi connectivity index (χ4n) is 2.24. The van der Waals surface area contributed by atoms with Crippen molar-refractivity contribution >= 4 is 23.3 Å². The predicted octanol–water partition coefficient (Wildman–Crippen LogP) is 5.31. The van der Waals surface area contributed by atoms with E-state index >= 15 is 0 Å². The van der Waals surface area contributed by atoms with E-state index in [0.29, 0.717) is 0 Å². The van der Waals surface area contributed by atoms with Gasteiger partial charge < -0.3 is 0 Å². The molecule has 0 fully saturated rings. The Morgan fingerprint density at radius 1 is 0.750 bits per heavy atom. The maximum absolute atomic E-state index is 13.2. The van der Waals surface area contributed by atoms with E-state index in [9.17, 15) is 22.0 Å². The van der Waals surface area contributed by atoms with Crippen LogP contribution >= 0.6 is 23.3 Å². The number of benzene rings is 2. The van der Waals surface area contributed by atoms with Gasteiger partial charge in [0.05, 0.1) is 0 Å². The van der Waals surface area contributed by atoms with E-state index in [1.807, 2.05) is 0 Å². The van der Waals surface area contributed by atoms with Crippen LogP contribution in [-0.2, 0) is 0 Å². The summed E-state index contributed by atoms with van der Waals surface area (Å²) in [5, 5.41) is 0. The molecule has 0 aromatic heterocycles. The zero-order valence-electron chi connectivity index (χ0n) is 9.71. The minimum Gasteiger partial charge on any atom is -0.207 e. The highest BCUT2D eigenvalue weighted by atomic mass is 35.5. The molecular weight excluding hydrogens is 319 g/mol. The summed E-state index contributed by atoms with van der Waals surface area (Å²) in [4.78, 5) is 0.0639. The zero-order valence-corrected chi connectivity index (χ0v) is 11.4. The van der Waals surface area contributed by atoms with E-state index in [-0.39, 0.29) is 33.3 Å².